The van der Waals surface area contributed by atoms with Gasteiger partial charge in [-0.3, -0.25) is 4.79 Å². The number of piperidine rings is 1. The summed E-state index contributed by atoms with van der Waals surface area (Å²) < 4.78 is 5.61. The summed E-state index contributed by atoms with van der Waals surface area (Å²) >= 11 is 7.50. The van der Waals surface area contributed by atoms with Crippen LogP contribution in [0.3, 0.4) is 0 Å². The van der Waals surface area contributed by atoms with E-state index in [1.54, 1.807) is 12.3 Å². The zero-order valence-corrected chi connectivity index (χ0v) is 25.1. The third-order valence-electron chi connectivity index (χ3n) is 7.53. The third-order valence-corrected chi connectivity index (χ3v) is 9.10. The number of nitrogens with one attached hydrogen (secondary N) is 1. The van der Waals surface area contributed by atoms with E-state index < -0.39 is 11.7 Å². The van der Waals surface area contributed by atoms with Gasteiger partial charge in [0.25, 0.3) is 0 Å². The summed E-state index contributed by atoms with van der Waals surface area (Å²) in [6, 6.07) is 9.76. The number of ketones is 1. The summed E-state index contributed by atoms with van der Waals surface area (Å²) in [4.78, 5) is 41.5. The number of anilines is 3. The first-order valence-electron chi connectivity index (χ1n) is 13.5. The molecule has 2 aromatic heterocycles. The predicted molar refractivity (Wildman–Crippen MR) is 160 cm³/mol. The zero-order chi connectivity index (χ0) is 29.5. The molecule has 3 heterocycles. The van der Waals surface area contributed by atoms with Crippen molar-refractivity contribution in [3.8, 4) is 0 Å². The molecular weight excluding hydrogens is 562 g/mol. The number of hydrogen-bond donors (Lipinski definition) is 3. The lowest BCUT2D eigenvalue weighted by Crippen LogP contribution is -2.48. The van der Waals surface area contributed by atoms with Gasteiger partial charge in [-0.25, -0.2) is 19.7 Å². The molecule has 10 nitrogen and oxygen atoms in total. The zero-order valence-electron chi connectivity index (χ0n) is 23.5. The molecule has 2 aliphatic rings. The van der Waals surface area contributed by atoms with Gasteiger partial charge >= 0.3 is 6.09 Å². The Morgan fingerprint density at radius 3 is 2.51 bits per heavy atom. The van der Waals surface area contributed by atoms with Crippen molar-refractivity contribution >= 4 is 52.7 Å². The lowest BCUT2D eigenvalue weighted by molar-refractivity contribution is 0.0427. The third kappa shape index (κ3) is 5.92. The summed E-state index contributed by atoms with van der Waals surface area (Å²) in [6.45, 7) is 8.27. The van der Waals surface area contributed by atoms with Crippen molar-refractivity contribution in [2.75, 3.05) is 29.5 Å². The van der Waals surface area contributed by atoms with E-state index in [0.717, 1.165) is 24.8 Å². The number of aromatic nitrogens is 3. The van der Waals surface area contributed by atoms with Gasteiger partial charge in [-0.15, -0.1) is 0 Å². The van der Waals surface area contributed by atoms with E-state index in [2.05, 4.69) is 37.3 Å². The molecule has 1 amide bonds. The minimum absolute atomic E-state index is 0.185. The van der Waals surface area contributed by atoms with Gasteiger partial charge in [0.05, 0.1) is 11.1 Å². The normalized spacial score (nSPS) is 17.8. The highest BCUT2D eigenvalue weighted by Gasteiger charge is 2.49. The molecule has 216 valence electrons. The smallest absolute Gasteiger partial charge is 0.408 e. The number of rotatable bonds is 5. The fourth-order valence-corrected chi connectivity index (χ4v) is 6.70. The number of carbonyl (C=O) groups excluding carboxylic acids is 2. The van der Waals surface area contributed by atoms with E-state index in [0.29, 0.717) is 33.9 Å². The maximum atomic E-state index is 12.9. The molecule has 0 radical (unpaired) electrons. The van der Waals surface area contributed by atoms with Crippen LogP contribution in [0.1, 0.15) is 68.2 Å². The second-order valence-corrected chi connectivity index (χ2v) is 13.0. The first-order chi connectivity index (χ1) is 19.4. The van der Waals surface area contributed by atoms with Crippen LogP contribution in [-0.2, 0) is 11.2 Å². The summed E-state index contributed by atoms with van der Waals surface area (Å²) in [7, 11) is 0. The molecule has 1 atom stereocenters. The van der Waals surface area contributed by atoms with Crippen LogP contribution in [-0.4, -0.2) is 45.5 Å². The number of nitrogens with zero attached hydrogens (tertiary/aromatic N) is 4. The van der Waals surface area contributed by atoms with Crippen LogP contribution in [0.5, 0.6) is 0 Å². The van der Waals surface area contributed by atoms with Crippen LogP contribution < -0.4 is 21.7 Å². The molecule has 5 rings (SSSR count). The van der Waals surface area contributed by atoms with Gasteiger partial charge in [-0.05, 0) is 57.2 Å². The van der Waals surface area contributed by atoms with Crippen molar-refractivity contribution in [1.29, 1.82) is 0 Å². The quantitative estimate of drug-likeness (QED) is 0.325. The number of halogens is 1. The summed E-state index contributed by atoms with van der Waals surface area (Å²) in [5.74, 6) is 0.635. The fourth-order valence-electron chi connectivity index (χ4n) is 5.65. The van der Waals surface area contributed by atoms with Crippen molar-refractivity contribution in [1.82, 2.24) is 20.3 Å². The van der Waals surface area contributed by atoms with Crippen LogP contribution in [0.2, 0.25) is 5.02 Å². The minimum atomic E-state index is -0.597. The highest BCUT2D eigenvalue weighted by atomic mass is 35.5. The van der Waals surface area contributed by atoms with Gasteiger partial charge in [-0.1, -0.05) is 47.6 Å². The minimum Gasteiger partial charge on any atom is -0.444 e. The predicted octanol–water partition coefficient (Wildman–Crippen LogP) is 5.45. The van der Waals surface area contributed by atoms with Crippen LogP contribution in [0, 0.1) is 5.41 Å². The number of carbonyl (C=O) groups is 2. The van der Waals surface area contributed by atoms with Crippen molar-refractivity contribution in [3.63, 3.8) is 0 Å². The van der Waals surface area contributed by atoms with Gasteiger partial charge < -0.3 is 26.4 Å². The number of alkyl carbamates (subject to hydrolysis) is 1. The van der Waals surface area contributed by atoms with Gasteiger partial charge in [0.2, 0.25) is 0 Å². The Kier molecular flexibility index (Phi) is 7.78. The average molecular weight is 596 g/mol. The number of Topliss-reactive ketones (excluding diaryl/α,β-unsaturated/α-hetero) is 1. The molecule has 1 aliphatic carbocycles. The topological polar surface area (TPSA) is 149 Å². The van der Waals surface area contributed by atoms with E-state index in [9.17, 15) is 9.59 Å². The lowest BCUT2D eigenvalue weighted by atomic mass is 9.72. The number of ether oxygens (including phenoxy) is 1. The fraction of sp³-hybridized carbons (Fsp3) is 0.414. The molecule has 41 heavy (non-hydrogen) atoms. The largest absolute Gasteiger partial charge is 0.444 e. The monoisotopic (exact) mass is 595 g/mol. The first-order valence-corrected chi connectivity index (χ1v) is 14.6. The van der Waals surface area contributed by atoms with E-state index in [1.807, 2.05) is 32.9 Å². The van der Waals surface area contributed by atoms with Crippen molar-refractivity contribution < 1.29 is 14.3 Å². The van der Waals surface area contributed by atoms with Crippen molar-refractivity contribution in [2.45, 2.75) is 68.5 Å². The number of amides is 1. The Morgan fingerprint density at radius 2 is 1.83 bits per heavy atom. The summed E-state index contributed by atoms with van der Waals surface area (Å²) in [5.41, 5.74) is 14.0. The molecule has 1 aromatic carbocycles. The van der Waals surface area contributed by atoms with Crippen LogP contribution in [0.15, 0.2) is 46.5 Å². The molecule has 3 aromatic rings. The van der Waals surface area contributed by atoms with Crippen LogP contribution >= 0.6 is 23.4 Å². The SMILES string of the molecule is CC(=O)c1nc(Sc2ccnc(N)c2Cl)c(N)nc1N1CCC2(CC1)Cc1ccccc1[C@H]2NC(=O)OC(C)(C)C. The first kappa shape index (κ1) is 28.9. The number of nitrogen functional groups attached to an aromatic ring is 2. The van der Waals surface area contributed by atoms with Crippen molar-refractivity contribution in [2.24, 2.45) is 5.41 Å². The Bertz CT molecular complexity index is 1500. The second-order valence-electron chi connectivity index (χ2n) is 11.6. The number of hydrogen-bond acceptors (Lipinski definition) is 10. The standard InChI is InChI=1S/C29H34ClN7O3S/c1-16(38)21-25(36-24(32)26(34-21)41-19-9-12-33-23(31)20(19)30)37-13-10-29(11-14-37)15-17-7-5-6-8-18(17)22(29)35-27(39)40-28(2,3)4/h5-9,12,22H,10-11,13-15H2,1-4H3,(H2,31,33)(H2,32,36)(H,35,39)/t22-/m1/s1. The average Bonchev–Trinajstić information content (AvgIpc) is 3.19. The molecule has 0 saturated carbocycles. The Balaban J connectivity index is 1.39. The van der Waals surface area contributed by atoms with E-state index in [4.69, 9.17) is 27.8 Å². The second kappa shape index (κ2) is 11.0. The van der Waals surface area contributed by atoms with E-state index in [1.165, 1.54) is 24.2 Å². The maximum Gasteiger partial charge on any atom is 0.408 e. The molecule has 1 spiro atoms. The number of fused-ring (bicyclic) bond motifs is 1. The van der Waals surface area contributed by atoms with E-state index >= 15 is 0 Å². The molecule has 0 bridgehead atoms. The highest BCUT2D eigenvalue weighted by molar-refractivity contribution is 7.99. The van der Waals surface area contributed by atoms with Gasteiger partial charge in [-0.2, -0.15) is 0 Å². The van der Waals surface area contributed by atoms with Gasteiger partial charge in [0, 0.05) is 36.5 Å². The molecule has 1 aliphatic heterocycles. The molecule has 5 N–H and O–H groups in total. The lowest BCUT2D eigenvalue weighted by Gasteiger charge is -2.44. The van der Waals surface area contributed by atoms with Crippen LogP contribution in [0.4, 0.5) is 22.2 Å². The molecule has 1 saturated heterocycles. The summed E-state index contributed by atoms with van der Waals surface area (Å²) in [5, 5.41) is 3.84. The van der Waals surface area contributed by atoms with Gasteiger partial charge in [0.15, 0.2) is 17.4 Å². The highest BCUT2D eigenvalue weighted by Crippen LogP contribution is 2.52. The maximum absolute atomic E-state index is 12.9. The Morgan fingerprint density at radius 1 is 1.12 bits per heavy atom. The molecule has 0 unspecified atom stereocenters. The van der Waals surface area contributed by atoms with Crippen molar-refractivity contribution in [3.05, 3.63) is 58.4 Å². The number of benzene rings is 1. The summed E-state index contributed by atoms with van der Waals surface area (Å²) in [6.07, 6.45) is 3.49. The van der Waals surface area contributed by atoms with Gasteiger partial charge in [0.1, 0.15) is 22.1 Å². The van der Waals surface area contributed by atoms with Crippen LogP contribution in [0.25, 0.3) is 0 Å². The Labute approximate surface area is 248 Å². The molecule has 1 fully saturated rings. The van der Waals surface area contributed by atoms with E-state index in [-0.39, 0.29) is 34.6 Å². The Hall–Kier alpha value is -3.57. The number of pyridine rings is 1. The number of nitrogens with two attached hydrogens (primary N) is 2. The molecular formula is C29H34ClN7O3S. The molecule has 12 heteroatoms.